The summed E-state index contributed by atoms with van der Waals surface area (Å²) < 4.78 is 42.9. The van der Waals surface area contributed by atoms with Crippen molar-refractivity contribution in [3.63, 3.8) is 0 Å². The molecule has 1 aliphatic heterocycles. The highest BCUT2D eigenvalue weighted by Gasteiger charge is 2.51. The molecule has 2 rings (SSSR count). The van der Waals surface area contributed by atoms with Crippen LogP contribution < -0.4 is 11.2 Å². The van der Waals surface area contributed by atoms with E-state index in [1.165, 1.54) is 0 Å². The molecule has 86 valence electrons. The maximum Gasteiger partial charge on any atom is 0.494 e. The lowest BCUT2D eigenvalue weighted by molar-refractivity contribution is 0.00578. The van der Waals surface area contributed by atoms with Crippen LogP contribution in [0, 0.1) is 0 Å². The Bertz CT molecular complexity index is 532. The van der Waals surface area contributed by atoms with Crippen molar-refractivity contribution in [3.8, 4) is 0 Å². The Labute approximate surface area is 103 Å². The molecular weight excluding hydrogens is 201 g/mol. The lowest BCUT2D eigenvalue weighted by atomic mass is 9.79. The van der Waals surface area contributed by atoms with Crippen LogP contribution in [0.1, 0.15) is 33.2 Å². The van der Waals surface area contributed by atoms with Gasteiger partial charge < -0.3 is 15.0 Å². The third-order valence-electron chi connectivity index (χ3n) is 3.15. The van der Waals surface area contributed by atoms with Gasteiger partial charge in [0.1, 0.15) is 0 Å². The summed E-state index contributed by atoms with van der Waals surface area (Å²) >= 11 is 0. The molecule has 0 bridgehead atoms. The summed E-state index contributed by atoms with van der Waals surface area (Å²) in [5.41, 5.74) is 4.44. The molecule has 0 aromatic heterocycles. The van der Waals surface area contributed by atoms with E-state index in [0.29, 0.717) is 0 Å². The molecular formula is C12H18BNO2. The molecule has 1 heterocycles. The molecule has 2 N–H and O–H groups in total. The third-order valence-corrected chi connectivity index (χ3v) is 3.15. The number of rotatable bonds is 1. The van der Waals surface area contributed by atoms with Crippen LogP contribution in [-0.4, -0.2) is 18.3 Å². The summed E-state index contributed by atoms with van der Waals surface area (Å²) in [5.74, 6) is 0. The van der Waals surface area contributed by atoms with E-state index in [1.54, 1.807) is 0 Å². The first-order chi connectivity index (χ1) is 8.99. The predicted octanol–water partition coefficient (Wildman–Crippen LogP) is 1.57. The van der Waals surface area contributed by atoms with Crippen molar-refractivity contribution in [3.05, 3.63) is 24.2 Å². The van der Waals surface area contributed by atoms with Crippen LogP contribution in [0.4, 0.5) is 5.69 Å². The van der Waals surface area contributed by atoms with Crippen molar-refractivity contribution in [2.24, 2.45) is 0 Å². The van der Waals surface area contributed by atoms with Crippen LogP contribution in [0.5, 0.6) is 0 Å². The number of anilines is 1. The number of nitrogens with two attached hydrogens (primary N) is 1. The molecule has 16 heavy (non-hydrogen) atoms. The topological polar surface area (TPSA) is 44.5 Å². The molecule has 0 aliphatic carbocycles. The lowest BCUT2D eigenvalue weighted by Crippen LogP contribution is -2.41. The fraction of sp³-hybridized carbons (Fsp3) is 0.500. The zero-order valence-electron chi connectivity index (χ0n) is 14.0. The molecule has 1 aromatic rings. The second-order valence-electron chi connectivity index (χ2n) is 4.92. The van der Waals surface area contributed by atoms with Crippen LogP contribution in [0.2, 0.25) is 0 Å². The molecule has 1 fully saturated rings. The van der Waals surface area contributed by atoms with Gasteiger partial charge in [0.25, 0.3) is 0 Å². The summed E-state index contributed by atoms with van der Waals surface area (Å²) in [5, 5.41) is 0. The van der Waals surface area contributed by atoms with Gasteiger partial charge >= 0.3 is 7.12 Å². The summed E-state index contributed by atoms with van der Waals surface area (Å²) in [4.78, 5) is 0. The summed E-state index contributed by atoms with van der Waals surface area (Å²) in [6.45, 7) is 7.46. The third kappa shape index (κ3) is 1.83. The molecule has 0 atom stereocenters. The van der Waals surface area contributed by atoms with Crippen molar-refractivity contribution < 1.29 is 14.8 Å². The van der Waals surface area contributed by atoms with Gasteiger partial charge in [-0.15, -0.1) is 0 Å². The second-order valence-corrected chi connectivity index (χ2v) is 4.92. The van der Waals surface area contributed by atoms with E-state index in [4.69, 9.17) is 20.5 Å². The minimum atomic E-state index is -0.924. The molecule has 0 radical (unpaired) electrons. The largest absolute Gasteiger partial charge is 0.494 e. The predicted molar refractivity (Wildman–Crippen MR) is 66.6 cm³/mol. The fourth-order valence-corrected chi connectivity index (χ4v) is 1.45. The van der Waals surface area contributed by atoms with Gasteiger partial charge in [-0.25, -0.2) is 0 Å². The van der Waals surface area contributed by atoms with E-state index in [0.717, 1.165) is 0 Å². The summed E-state index contributed by atoms with van der Waals surface area (Å²) in [7, 11) is -0.924. The average Bonchev–Trinajstić information content (AvgIpc) is 2.53. The van der Waals surface area contributed by atoms with Gasteiger partial charge in [-0.2, -0.15) is 0 Å². The molecule has 1 aliphatic rings. The Morgan fingerprint density at radius 2 is 1.75 bits per heavy atom. The first-order valence-electron chi connectivity index (χ1n) is 7.21. The van der Waals surface area contributed by atoms with E-state index in [2.05, 4.69) is 0 Å². The first-order valence-corrected chi connectivity index (χ1v) is 5.21. The molecule has 0 saturated carbocycles. The Morgan fingerprint density at radius 3 is 2.31 bits per heavy atom. The van der Waals surface area contributed by atoms with Crippen LogP contribution >= 0.6 is 0 Å². The van der Waals surface area contributed by atoms with Gasteiger partial charge in [0, 0.05) is 5.69 Å². The highest BCUT2D eigenvalue weighted by atomic mass is 16.7. The van der Waals surface area contributed by atoms with E-state index < -0.39 is 18.3 Å². The van der Waals surface area contributed by atoms with E-state index in [1.807, 2.05) is 27.7 Å². The quantitative estimate of drug-likeness (QED) is 0.580. The fourth-order valence-electron chi connectivity index (χ4n) is 1.45. The monoisotopic (exact) mass is 223 g/mol. The first kappa shape index (κ1) is 7.35. The Kier molecular flexibility index (Phi) is 1.61. The Balaban J connectivity index is 2.57. The van der Waals surface area contributed by atoms with E-state index >= 15 is 0 Å². The Hall–Kier alpha value is -0.995. The van der Waals surface area contributed by atoms with Gasteiger partial charge in [-0.3, -0.25) is 0 Å². The molecule has 1 saturated heterocycles. The zero-order valence-corrected chi connectivity index (χ0v) is 9.97. The van der Waals surface area contributed by atoms with Gasteiger partial charge in [0.05, 0.1) is 16.7 Å². The number of nitrogen functional groups attached to an aromatic ring is 1. The SMILES string of the molecule is [2H]c1c([2H])c(N)c([2H])c(B2OC(C)(C)C(C)(C)O2)c1[2H]. The van der Waals surface area contributed by atoms with E-state index in [-0.39, 0.29) is 35.3 Å². The van der Waals surface area contributed by atoms with Crippen molar-refractivity contribution in [2.75, 3.05) is 5.73 Å². The van der Waals surface area contributed by atoms with Crippen LogP contribution in [-0.2, 0) is 9.31 Å². The highest BCUT2D eigenvalue weighted by Crippen LogP contribution is 2.36. The van der Waals surface area contributed by atoms with Crippen molar-refractivity contribution in [1.82, 2.24) is 0 Å². The average molecular weight is 223 g/mol. The van der Waals surface area contributed by atoms with Crippen molar-refractivity contribution in [1.29, 1.82) is 0 Å². The normalized spacial score (nSPS) is 25.9. The minimum Gasteiger partial charge on any atom is -0.399 e. The summed E-state index contributed by atoms with van der Waals surface area (Å²) in [6, 6.07) is -1.04. The van der Waals surface area contributed by atoms with Gasteiger partial charge in [0.15, 0.2) is 0 Å². The van der Waals surface area contributed by atoms with Crippen LogP contribution in [0.15, 0.2) is 24.2 Å². The zero-order chi connectivity index (χ0) is 15.5. The molecule has 0 unspecified atom stereocenters. The molecule has 1 aromatic carbocycles. The number of benzene rings is 1. The minimum absolute atomic E-state index is 0.113. The van der Waals surface area contributed by atoms with E-state index in [9.17, 15) is 0 Å². The summed E-state index contributed by atoms with van der Waals surface area (Å²) in [6.07, 6.45) is 0. The lowest BCUT2D eigenvalue weighted by Gasteiger charge is -2.32. The maximum atomic E-state index is 7.99. The highest BCUT2D eigenvalue weighted by molar-refractivity contribution is 6.62. The molecule has 3 nitrogen and oxygen atoms in total. The molecule has 0 amide bonds. The Morgan fingerprint density at radius 1 is 1.19 bits per heavy atom. The number of hydrogen-bond donors (Lipinski definition) is 1. The van der Waals surface area contributed by atoms with Crippen molar-refractivity contribution >= 4 is 18.3 Å². The van der Waals surface area contributed by atoms with Crippen molar-refractivity contribution in [2.45, 2.75) is 38.9 Å². The van der Waals surface area contributed by atoms with Gasteiger partial charge in [-0.1, -0.05) is 12.1 Å². The maximum absolute atomic E-state index is 7.99. The smallest absolute Gasteiger partial charge is 0.399 e. The molecule has 4 heteroatoms. The second kappa shape index (κ2) is 3.50. The van der Waals surface area contributed by atoms with Crippen LogP contribution in [0.3, 0.4) is 0 Å². The van der Waals surface area contributed by atoms with Crippen LogP contribution in [0.25, 0.3) is 0 Å². The van der Waals surface area contributed by atoms with Gasteiger partial charge in [0.2, 0.25) is 0 Å². The molecule has 0 spiro atoms. The number of hydrogen-bond acceptors (Lipinski definition) is 3. The van der Waals surface area contributed by atoms with Gasteiger partial charge in [-0.05, 0) is 45.2 Å². The standard InChI is InChI=1S/C12H18BNO2/c1-11(2)12(3,4)16-13(15-11)9-6-5-7-10(14)8-9/h5-8H,14H2,1-4H3/i5D,6D,7D,8D.